The van der Waals surface area contributed by atoms with Crippen LogP contribution in [0.15, 0.2) is 12.7 Å². The van der Waals surface area contributed by atoms with E-state index in [1.54, 1.807) is 31.7 Å². The lowest BCUT2D eigenvalue weighted by atomic mass is 10.1. The molecule has 0 bridgehead atoms. The number of hydrogen-bond acceptors (Lipinski definition) is 11. The highest BCUT2D eigenvalue weighted by Crippen LogP contribution is 2.45. The highest BCUT2D eigenvalue weighted by molar-refractivity contribution is 7.56. The minimum absolute atomic E-state index is 0.250. The van der Waals surface area contributed by atoms with Gasteiger partial charge in [-0.2, -0.15) is 0 Å². The fraction of sp³-hybridized carbons (Fsp3) is 0.696. The maximum Gasteiger partial charge on any atom is 0.332 e. The van der Waals surface area contributed by atoms with Gasteiger partial charge in [0.15, 0.2) is 18.1 Å². The second-order valence-corrected chi connectivity index (χ2v) is 11.6. The number of carbonyl (C=O) groups excluding carboxylic acids is 2. The third-order valence-corrected chi connectivity index (χ3v) is 7.05. The molecule has 208 valence electrons. The average Bonchev–Trinajstić information content (AvgIpc) is 3.22. The Morgan fingerprint density at radius 1 is 1.19 bits per heavy atom. The summed E-state index contributed by atoms with van der Waals surface area (Å²) in [5.74, 6) is -1.02. The van der Waals surface area contributed by atoms with Crippen molar-refractivity contribution in [2.24, 2.45) is 0 Å². The van der Waals surface area contributed by atoms with Crippen LogP contribution in [0.25, 0.3) is 11.2 Å². The molecule has 0 fully saturated rings. The second-order valence-electron chi connectivity index (χ2n) is 9.50. The van der Waals surface area contributed by atoms with Gasteiger partial charge in [-0.25, -0.2) is 24.8 Å². The van der Waals surface area contributed by atoms with Gasteiger partial charge in [-0.05, 0) is 41.0 Å². The highest BCUT2D eigenvalue weighted by atomic mass is 31.2. The van der Waals surface area contributed by atoms with Gasteiger partial charge in [0.25, 0.3) is 7.52 Å². The summed E-state index contributed by atoms with van der Waals surface area (Å²) in [6.45, 7) is 10.3. The van der Waals surface area contributed by atoms with E-state index in [-0.39, 0.29) is 18.5 Å². The summed E-state index contributed by atoms with van der Waals surface area (Å²) >= 11 is 0. The van der Waals surface area contributed by atoms with Crippen LogP contribution in [0.1, 0.15) is 60.8 Å². The number of fused-ring (bicyclic) bond motifs is 1. The molecule has 0 aliphatic carbocycles. The first kappa shape index (κ1) is 30.6. The summed E-state index contributed by atoms with van der Waals surface area (Å²) in [6, 6.07) is 0. The van der Waals surface area contributed by atoms with Crippen LogP contribution in [0.5, 0.6) is 0 Å². The number of hydrogen-bond donors (Lipinski definition) is 2. The Kier molecular flexibility index (Phi) is 11.4. The van der Waals surface area contributed by atoms with Crippen molar-refractivity contribution in [3.8, 4) is 0 Å². The molecule has 2 rings (SSSR count). The highest BCUT2D eigenvalue weighted by Gasteiger charge is 2.39. The largest absolute Gasteiger partial charge is 0.464 e. The quantitative estimate of drug-likeness (QED) is 0.181. The van der Waals surface area contributed by atoms with Crippen LogP contribution in [0.2, 0.25) is 0 Å². The zero-order valence-electron chi connectivity index (χ0n) is 22.4. The van der Waals surface area contributed by atoms with Crippen molar-refractivity contribution in [2.75, 3.05) is 25.3 Å². The molecule has 0 aromatic carbocycles. The third kappa shape index (κ3) is 9.66. The van der Waals surface area contributed by atoms with Gasteiger partial charge in [0.2, 0.25) is 0 Å². The number of nitrogens with two attached hydrogens (primary N) is 1. The first-order chi connectivity index (χ1) is 17.4. The van der Waals surface area contributed by atoms with Gasteiger partial charge in [-0.3, -0.25) is 9.36 Å². The van der Waals surface area contributed by atoms with Crippen molar-refractivity contribution in [1.29, 1.82) is 0 Å². The SMILES string of the molecule is CCCCCOC(=O)COP(=O)(CO[C@@H](C)Cn1cnc2c(N)ncnc21)NC(C)(C)C(=O)OC(C)C. The van der Waals surface area contributed by atoms with Gasteiger partial charge in [0, 0.05) is 0 Å². The molecular weight excluding hydrogens is 503 g/mol. The van der Waals surface area contributed by atoms with Gasteiger partial charge in [0.05, 0.1) is 31.7 Å². The van der Waals surface area contributed by atoms with E-state index in [4.69, 9.17) is 24.5 Å². The van der Waals surface area contributed by atoms with Crippen LogP contribution in [0, 0.1) is 0 Å². The van der Waals surface area contributed by atoms with E-state index >= 15 is 0 Å². The molecule has 2 heterocycles. The van der Waals surface area contributed by atoms with Crippen LogP contribution < -0.4 is 10.8 Å². The summed E-state index contributed by atoms with van der Waals surface area (Å²) in [4.78, 5) is 37.0. The monoisotopic (exact) mass is 542 g/mol. The topological polar surface area (TPSA) is 170 Å². The zero-order chi connectivity index (χ0) is 27.6. The van der Waals surface area contributed by atoms with E-state index in [0.717, 1.165) is 19.3 Å². The zero-order valence-corrected chi connectivity index (χ0v) is 23.3. The van der Waals surface area contributed by atoms with Crippen molar-refractivity contribution in [3.05, 3.63) is 12.7 Å². The summed E-state index contributed by atoms with van der Waals surface area (Å²) in [6.07, 6.45) is 4.28. The summed E-state index contributed by atoms with van der Waals surface area (Å²) in [5.41, 5.74) is 5.45. The lowest BCUT2D eigenvalue weighted by Gasteiger charge is -2.30. The van der Waals surface area contributed by atoms with Gasteiger partial charge in [-0.15, -0.1) is 0 Å². The van der Waals surface area contributed by atoms with Crippen molar-refractivity contribution < 1.29 is 32.9 Å². The lowest BCUT2D eigenvalue weighted by Crippen LogP contribution is -2.47. The van der Waals surface area contributed by atoms with Crippen LogP contribution >= 0.6 is 7.52 Å². The predicted molar refractivity (Wildman–Crippen MR) is 138 cm³/mol. The van der Waals surface area contributed by atoms with Gasteiger partial charge in [0.1, 0.15) is 23.7 Å². The molecule has 37 heavy (non-hydrogen) atoms. The van der Waals surface area contributed by atoms with Crippen molar-refractivity contribution in [3.63, 3.8) is 0 Å². The molecule has 2 aromatic rings. The van der Waals surface area contributed by atoms with E-state index in [2.05, 4.69) is 20.0 Å². The standard InChI is InChI=1S/C23H39N6O7P/c1-7-8-9-10-33-18(30)12-35-37(32,28-23(5,6)22(31)36-16(2)3)15-34-17(4)11-29-14-27-19-20(24)25-13-26-21(19)29/h13-14,16-17H,7-12,15H2,1-6H3,(H,28,32)(H2,24,25,26)/t17-,37?/m0/s1. The molecule has 0 amide bonds. The smallest absolute Gasteiger partial charge is 0.332 e. The number of anilines is 1. The maximum atomic E-state index is 13.7. The molecule has 0 saturated carbocycles. The van der Waals surface area contributed by atoms with Crippen LogP contribution in [0.3, 0.4) is 0 Å². The Morgan fingerprint density at radius 2 is 1.92 bits per heavy atom. The fourth-order valence-electron chi connectivity index (χ4n) is 3.26. The number of unbranched alkanes of at least 4 members (excludes halogenated alkanes) is 2. The number of aromatic nitrogens is 4. The number of nitrogen functional groups attached to an aromatic ring is 1. The van der Waals surface area contributed by atoms with Gasteiger partial charge in [-0.1, -0.05) is 19.8 Å². The Balaban J connectivity index is 2.08. The van der Waals surface area contributed by atoms with E-state index in [9.17, 15) is 14.2 Å². The predicted octanol–water partition coefficient (Wildman–Crippen LogP) is 3.03. The van der Waals surface area contributed by atoms with Gasteiger partial charge < -0.3 is 29.0 Å². The molecule has 3 N–H and O–H groups in total. The van der Waals surface area contributed by atoms with Crippen LogP contribution in [-0.4, -0.2) is 68.8 Å². The molecule has 13 nitrogen and oxygen atoms in total. The normalized spacial score (nSPS) is 14.5. The number of nitrogens with one attached hydrogen (secondary N) is 1. The number of carbonyl (C=O) groups is 2. The average molecular weight is 543 g/mol. The molecule has 0 aliphatic rings. The molecule has 0 radical (unpaired) electrons. The number of nitrogens with zero attached hydrogens (tertiary/aromatic N) is 4. The van der Waals surface area contributed by atoms with Gasteiger partial charge >= 0.3 is 11.9 Å². The molecule has 0 saturated heterocycles. The Labute approximate surface area is 217 Å². The summed E-state index contributed by atoms with van der Waals surface area (Å²) in [7, 11) is -3.88. The molecule has 0 aliphatic heterocycles. The molecule has 2 aromatic heterocycles. The second kappa shape index (κ2) is 13.8. The summed E-state index contributed by atoms with van der Waals surface area (Å²) in [5, 5.41) is 2.73. The Bertz CT molecular complexity index is 1090. The third-order valence-electron chi connectivity index (χ3n) is 5.12. The maximum absolute atomic E-state index is 13.7. The minimum atomic E-state index is -3.88. The number of rotatable bonds is 16. The van der Waals surface area contributed by atoms with E-state index < -0.39 is 44.1 Å². The van der Waals surface area contributed by atoms with Crippen molar-refractivity contribution in [1.82, 2.24) is 24.6 Å². The van der Waals surface area contributed by atoms with E-state index in [0.29, 0.717) is 17.7 Å². The van der Waals surface area contributed by atoms with E-state index in [1.165, 1.54) is 20.2 Å². The Morgan fingerprint density at radius 3 is 2.59 bits per heavy atom. The molecular formula is C23H39N6O7P. The summed E-state index contributed by atoms with van der Waals surface area (Å²) < 4.78 is 37.2. The molecule has 14 heteroatoms. The van der Waals surface area contributed by atoms with Crippen LogP contribution in [-0.2, 0) is 39.4 Å². The minimum Gasteiger partial charge on any atom is -0.464 e. The fourth-order valence-corrected chi connectivity index (χ4v) is 5.17. The number of imidazole rings is 1. The first-order valence-corrected chi connectivity index (χ1v) is 14.1. The number of ether oxygens (including phenoxy) is 3. The first-order valence-electron chi connectivity index (χ1n) is 12.3. The molecule has 2 atom stereocenters. The molecule has 1 unspecified atom stereocenters. The lowest BCUT2D eigenvalue weighted by molar-refractivity contribution is -0.153. The molecule has 0 spiro atoms. The Hall–Kier alpha value is -2.60. The number of esters is 2. The van der Waals surface area contributed by atoms with Crippen molar-refractivity contribution in [2.45, 2.75) is 85.1 Å². The van der Waals surface area contributed by atoms with E-state index in [1.807, 2.05) is 6.92 Å². The van der Waals surface area contributed by atoms with Crippen molar-refractivity contribution >= 4 is 36.4 Å². The van der Waals surface area contributed by atoms with Crippen LogP contribution in [0.4, 0.5) is 5.82 Å².